The Morgan fingerprint density at radius 2 is 2.31 bits per heavy atom. The van der Waals surface area contributed by atoms with Crippen LogP contribution < -0.4 is 0 Å². The van der Waals surface area contributed by atoms with Crippen molar-refractivity contribution in [2.45, 2.75) is 31.9 Å². The topological polar surface area (TPSA) is 40.5 Å². The van der Waals surface area contributed by atoms with E-state index in [0.29, 0.717) is 17.8 Å². The molecule has 2 rings (SSSR count). The number of rotatable bonds is 1. The summed E-state index contributed by atoms with van der Waals surface area (Å²) < 4.78 is 0.952. The van der Waals surface area contributed by atoms with Gasteiger partial charge in [-0.1, -0.05) is 0 Å². The maximum absolute atomic E-state index is 12.2. The summed E-state index contributed by atoms with van der Waals surface area (Å²) in [5.74, 6) is 0.0113. The van der Waals surface area contributed by atoms with Gasteiger partial charge in [0.05, 0.1) is 20.3 Å². The van der Waals surface area contributed by atoms with Crippen LogP contribution in [0.1, 0.15) is 29.9 Å². The van der Waals surface area contributed by atoms with Gasteiger partial charge in [-0.05, 0) is 48.3 Å². The normalized spacial score (nSPS) is 23.8. The van der Waals surface area contributed by atoms with Gasteiger partial charge in [-0.3, -0.25) is 4.79 Å². The lowest BCUT2D eigenvalue weighted by atomic mass is 9.99. The van der Waals surface area contributed by atoms with E-state index in [-0.39, 0.29) is 5.91 Å². The Bertz CT molecular complexity index is 416. The molecule has 0 bridgehead atoms. The highest BCUT2D eigenvalue weighted by molar-refractivity contribution is 9.11. The van der Waals surface area contributed by atoms with E-state index in [2.05, 4.69) is 15.9 Å². The molecule has 0 aromatic carbocycles. The third-order valence-electron chi connectivity index (χ3n) is 3.17. The van der Waals surface area contributed by atoms with Crippen molar-refractivity contribution in [3.8, 4) is 0 Å². The van der Waals surface area contributed by atoms with Gasteiger partial charge >= 0.3 is 0 Å². The summed E-state index contributed by atoms with van der Waals surface area (Å²) in [6, 6.07) is 3.69. The fourth-order valence-corrected chi connectivity index (χ4v) is 3.33. The van der Waals surface area contributed by atoms with Gasteiger partial charge in [-0.25, -0.2) is 0 Å². The average Bonchev–Trinajstić information content (AvgIpc) is 2.73. The lowest BCUT2D eigenvalue weighted by molar-refractivity contribution is 0.0398. The lowest BCUT2D eigenvalue weighted by Crippen LogP contribution is -2.47. The second kappa shape index (κ2) is 4.13. The molecule has 1 amide bonds. The summed E-state index contributed by atoms with van der Waals surface area (Å²) in [5.41, 5.74) is -0.465. The van der Waals surface area contributed by atoms with E-state index in [1.807, 2.05) is 26.0 Å². The van der Waals surface area contributed by atoms with Gasteiger partial charge in [0.15, 0.2) is 0 Å². The Labute approximate surface area is 107 Å². The van der Waals surface area contributed by atoms with E-state index in [4.69, 9.17) is 0 Å². The van der Waals surface area contributed by atoms with Crippen molar-refractivity contribution in [3.63, 3.8) is 0 Å². The molecule has 0 radical (unpaired) electrons. The molecule has 0 spiro atoms. The van der Waals surface area contributed by atoms with Crippen LogP contribution >= 0.6 is 27.3 Å². The molecule has 1 atom stereocenters. The van der Waals surface area contributed by atoms with Crippen molar-refractivity contribution in [2.75, 3.05) is 6.54 Å². The first-order chi connectivity index (χ1) is 7.43. The van der Waals surface area contributed by atoms with Crippen LogP contribution in [0.5, 0.6) is 0 Å². The van der Waals surface area contributed by atoms with Crippen molar-refractivity contribution in [1.82, 2.24) is 4.90 Å². The molecular formula is C11H14BrNO2S. The number of likely N-dealkylation sites (tertiary alicyclic amines) is 1. The Morgan fingerprint density at radius 3 is 2.75 bits per heavy atom. The van der Waals surface area contributed by atoms with Crippen LogP contribution in [0.2, 0.25) is 0 Å². The van der Waals surface area contributed by atoms with Crippen molar-refractivity contribution >= 4 is 33.2 Å². The number of thiophene rings is 1. The molecule has 1 saturated heterocycles. The number of amides is 1. The van der Waals surface area contributed by atoms with Crippen LogP contribution in [-0.4, -0.2) is 34.1 Å². The number of aliphatic hydroxyl groups excluding tert-OH is 1. The first-order valence-corrected chi connectivity index (χ1v) is 6.79. The van der Waals surface area contributed by atoms with E-state index in [9.17, 15) is 9.90 Å². The minimum atomic E-state index is -0.465. The number of hydrogen-bond acceptors (Lipinski definition) is 3. The largest absolute Gasteiger partial charge is 0.391 e. The number of aliphatic hydroxyl groups is 1. The molecule has 0 saturated carbocycles. The van der Waals surface area contributed by atoms with Crippen LogP contribution in [0.4, 0.5) is 0 Å². The van der Waals surface area contributed by atoms with Gasteiger partial charge in [0.25, 0.3) is 5.91 Å². The Kier molecular flexibility index (Phi) is 3.11. The predicted molar refractivity (Wildman–Crippen MR) is 67.8 cm³/mol. The number of nitrogens with zero attached hydrogens (tertiary/aromatic N) is 1. The standard InChI is InChI=1S/C11H14BrNO2S/c1-11(2)8(14)5-6-13(11)10(15)7-3-4-9(12)16-7/h3-4,8,14H,5-6H2,1-2H3. The molecule has 2 heterocycles. The van der Waals surface area contributed by atoms with E-state index in [1.165, 1.54) is 11.3 Å². The Morgan fingerprint density at radius 1 is 1.62 bits per heavy atom. The molecule has 3 nitrogen and oxygen atoms in total. The van der Waals surface area contributed by atoms with Crippen molar-refractivity contribution in [2.24, 2.45) is 0 Å². The maximum Gasteiger partial charge on any atom is 0.264 e. The zero-order valence-corrected chi connectivity index (χ0v) is 11.6. The highest BCUT2D eigenvalue weighted by Crippen LogP contribution is 2.32. The van der Waals surface area contributed by atoms with Crippen molar-refractivity contribution in [1.29, 1.82) is 0 Å². The molecule has 1 aliphatic heterocycles. The molecule has 16 heavy (non-hydrogen) atoms. The zero-order chi connectivity index (χ0) is 11.9. The smallest absolute Gasteiger partial charge is 0.264 e. The molecular weight excluding hydrogens is 290 g/mol. The summed E-state index contributed by atoms with van der Waals surface area (Å²) in [6.45, 7) is 4.44. The van der Waals surface area contributed by atoms with Crippen molar-refractivity contribution in [3.05, 3.63) is 20.8 Å². The van der Waals surface area contributed by atoms with E-state index in [0.717, 1.165) is 3.79 Å². The quantitative estimate of drug-likeness (QED) is 0.866. The predicted octanol–water partition coefficient (Wildman–Crippen LogP) is 2.50. The summed E-state index contributed by atoms with van der Waals surface area (Å²) in [6.07, 6.45) is 0.227. The summed E-state index contributed by atoms with van der Waals surface area (Å²) in [5, 5.41) is 9.83. The van der Waals surface area contributed by atoms with Crippen LogP contribution in [0.3, 0.4) is 0 Å². The summed E-state index contributed by atoms with van der Waals surface area (Å²) in [7, 11) is 0. The fourth-order valence-electron chi connectivity index (χ4n) is 2.00. The molecule has 1 N–H and O–H groups in total. The minimum absolute atomic E-state index is 0.0113. The lowest BCUT2D eigenvalue weighted by Gasteiger charge is -2.33. The number of carbonyl (C=O) groups is 1. The Balaban J connectivity index is 2.23. The molecule has 88 valence electrons. The Hall–Kier alpha value is -0.390. The van der Waals surface area contributed by atoms with Gasteiger partial charge in [-0.15, -0.1) is 11.3 Å². The molecule has 1 aromatic rings. The van der Waals surface area contributed by atoms with E-state index >= 15 is 0 Å². The first kappa shape index (κ1) is 12.1. The van der Waals surface area contributed by atoms with E-state index in [1.54, 1.807) is 4.90 Å². The van der Waals surface area contributed by atoms with Gasteiger partial charge in [-0.2, -0.15) is 0 Å². The highest BCUT2D eigenvalue weighted by atomic mass is 79.9. The zero-order valence-electron chi connectivity index (χ0n) is 9.24. The maximum atomic E-state index is 12.2. The van der Waals surface area contributed by atoms with Gasteiger partial charge in [0, 0.05) is 6.54 Å². The fraction of sp³-hybridized carbons (Fsp3) is 0.545. The molecule has 1 fully saturated rings. The number of hydrogen-bond donors (Lipinski definition) is 1. The van der Waals surface area contributed by atoms with Gasteiger partial charge in [0.2, 0.25) is 0 Å². The van der Waals surface area contributed by atoms with Crippen LogP contribution in [0.25, 0.3) is 0 Å². The first-order valence-electron chi connectivity index (χ1n) is 5.18. The molecule has 1 aromatic heterocycles. The van der Waals surface area contributed by atoms with Gasteiger partial charge < -0.3 is 10.0 Å². The van der Waals surface area contributed by atoms with Crippen molar-refractivity contribution < 1.29 is 9.90 Å². The SMILES string of the molecule is CC1(C)C(O)CCN1C(=O)c1ccc(Br)s1. The van der Waals surface area contributed by atoms with Crippen LogP contribution in [0, 0.1) is 0 Å². The number of halogens is 1. The monoisotopic (exact) mass is 303 g/mol. The second-order valence-corrected chi connectivity index (χ2v) is 6.98. The average molecular weight is 304 g/mol. The number of carbonyl (C=O) groups excluding carboxylic acids is 1. The van der Waals surface area contributed by atoms with E-state index < -0.39 is 11.6 Å². The summed E-state index contributed by atoms with van der Waals surface area (Å²) in [4.78, 5) is 14.7. The summed E-state index contributed by atoms with van der Waals surface area (Å²) >= 11 is 4.78. The minimum Gasteiger partial charge on any atom is -0.391 e. The molecule has 1 aliphatic rings. The molecule has 1 unspecified atom stereocenters. The molecule has 5 heteroatoms. The molecule has 0 aliphatic carbocycles. The van der Waals surface area contributed by atoms with Crippen LogP contribution in [-0.2, 0) is 0 Å². The second-order valence-electron chi connectivity index (χ2n) is 4.52. The third-order valence-corrected chi connectivity index (χ3v) is 4.78. The van der Waals surface area contributed by atoms with Gasteiger partial charge in [0.1, 0.15) is 0 Å². The highest BCUT2D eigenvalue weighted by Gasteiger charge is 2.43. The third kappa shape index (κ3) is 1.92. The van der Waals surface area contributed by atoms with Crippen LogP contribution in [0.15, 0.2) is 15.9 Å².